The van der Waals surface area contributed by atoms with Crippen LogP contribution in [0.4, 0.5) is 11.1 Å². The van der Waals surface area contributed by atoms with Crippen molar-refractivity contribution in [3.63, 3.8) is 0 Å². The maximum Gasteiger partial charge on any atom is 0.321 e. The smallest absolute Gasteiger partial charge is 0.321 e. The Hall–Kier alpha value is -2.38. The number of ether oxygens (including phenoxy) is 1. The molecule has 27 heavy (non-hydrogen) atoms. The second-order valence-corrected chi connectivity index (χ2v) is 8.75. The number of anilines is 2. The number of amides is 1. The van der Waals surface area contributed by atoms with Crippen LogP contribution in [-0.2, 0) is 21.4 Å². The molecule has 0 spiro atoms. The van der Waals surface area contributed by atoms with Crippen molar-refractivity contribution in [1.29, 1.82) is 0 Å². The van der Waals surface area contributed by atoms with Gasteiger partial charge in [0.1, 0.15) is 0 Å². The van der Waals surface area contributed by atoms with E-state index in [1.165, 1.54) is 20.2 Å². The van der Waals surface area contributed by atoms with E-state index in [2.05, 4.69) is 30.0 Å². The zero-order valence-electron chi connectivity index (χ0n) is 14.8. The van der Waals surface area contributed by atoms with Crippen molar-refractivity contribution in [2.45, 2.75) is 30.5 Å². The van der Waals surface area contributed by atoms with Gasteiger partial charge in [0.05, 0.1) is 19.9 Å². The minimum atomic E-state index is -3.82. The van der Waals surface area contributed by atoms with E-state index in [0.717, 1.165) is 37.3 Å². The third-order valence-corrected chi connectivity index (χ3v) is 6.45. The quantitative estimate of drug-likeness (QED) is 0.659. The second kappa shape index (κ2) is 8.10. The van der Waals surface area contributed by atoms with E-state index in [1.807, 2.05) is 4.90 Å². The Balaban J connectivity index is 1.73. The molecule has 2 aromatic heterocycles. The summed E-state index contributed by atoms with van der Waals surface area (Å²) in [6.07, 6.45) is 3.29. The number of nitrogens with zero attached hydrogens (tertiary/aromatic N) is 5. The van der Waals surface area contributed by atoms with Gasteiger partial charge >= 0.3 is 6.01 Å². The Bertz CT molecular complexity index is 925. The first-order valence-electron chi connectivity index (χ1n) is 8.14. The molecule has 1 aliphatic rings. The van der Waals surface area contributed by atoms with Crippen molar-refractivity contribution in [2.75, 3.05) is 30.4 Å². The molecule has 3 heterocycles. The summed E-state index contributed by atoms with van der Waals surface area (Å²) in [6.45, 7) is 2.87. The van der Waals surface area contributed by atoms with Gasteiger partial charge in [-0.3, -0.25) is 4.79 Å². The van der Waals surface area contributed by atoms with Crippen molar-refractivity contribution < 1.29 is 17.9 Å². The Morgan fingerprint density at radius 1 is 1.30 bits per heavy atom. The molecule has 11 nitrogen and oxygen atoms in total. The van der Waals surface area contributed by atoms with Gasteiger partial charge in [-0.2, -0.15) is 15.0 Å². The molecular formula is C14H19N7O4S2. The summed E-state index contributed by atoms with van der Waals surface area (Å²) in [4.78, 5) is 29.6. The normalized spacial score (nSPS) is 14.4. The van der Waals surface area contributed by atoms with Crippen LogP contribution in [0.15, 0.2) is 10.4 Å². The first-order chi connectivity index (χ1) is 12.9. The van der Waals surface area contributed by atoms with Gasteiger partial charge in [0.15, 0.2) is 15.2 Å². The molecule has 2 N–H and O–H groups in total. The van der Waals surface area contributed by atoms with E-state index in [1.54, 1.807) is 0 Å². The highest BCUT2D eigenvalue weighted by Crippen LogP contribution is 2.23. The maximum absolute atomic E-state index is 12.4. The van der Waals surface area contributed by atoms with E-state index < -0.39 is 10.0 Å². The molecule has 13 heteroatoms. The molecule has 3 rings (SSSR count). The largest absolute Gasteiger partial charge is 0.467 e. The lowest BCUT2D eigenvalue weighted by molar-refractivity contribution is -0.114. The summed E-state index contributed by atoms with van der Waals surface area (Å²) < 4.78 is 32.4. The minimum absolute atomic E-state index is 0.0213. The fraction of sp³-hybridized carbons (Fsp3) is 0.500. The van der Waals surface area contributed by atoms with Gasteiger partial charge in [0.25, 0.3) is 10.0 Å². The van der Waals surface area contributed by atoms with Crippen LogP contribution in [0.5, 0.6) is 6.01 Å². The zero-order valence-corrected chi connectivity index (χ0v) is 16.4. The van der Waals surface area contributed by atoms with Crippen LogP contribution in [0.1, 0.15) is 25.6 Å². The molecule has 2 aromatic rings. The fourth-order valence-corrected chi connectivity index (χ4v) is 4.54. The molecule has 1 saturated heterocycles. The summed E-state index contributed by atoms with van der Waals surface area (Å²) >= 11 is 0.855. The van der Waals surface area contributed by atoms with Gasteiger partial charge in [-0.25, -0.2) is 18.1 Å². The van der Waals surface area contributed by atoms with Gasteiger partial charge in [0.2, 0.25) is 11.9 Å². The first-order valence-corrected chi connectivity index (χ1v) is 10.4. The lowest BCUT2D eigenvalue weighted by atomic mass is 10.4. The molecule has 0 aromatic carbocycles. The van der Waals surface area contributed by atoms with E-state index >= 15 is 0 Å². The van der Waals surface area contributed by atoms with E-state index in [4.69, 9.17) is 4.74 Å². The third kappa shape index (κ3) is 4.87. The van der Waals surface area contributed by atoms with E-state index in [-0.39, 0.29) is 33.6 Å². The second-order valence-electron chi connectivity index (χ2n) is 5.72. The molecule has 0 aliphatic carbocycles. The SMILES string of the molecule is COc1nc(CNS(=O)(=O)c2cnc(NC(C)=O)s2)nc(N2CCCC2)n1. The van der Waals surface area contributed by atoms with Gasteiger partial charge in [-0.05, 0) is 12.8 Å². The van der Waals surface area contributed by atoms with Crippen LogP contribution in [-0.4, -0.2) is 54.5 Å². The van der Waals surface area contributed by atoms with Gasteiger partial charge in [-0.1, -0.05) is 11.3 Å². The predicted molar refractivity (Wildman–Crippen MR) is 98.3 cm³/mol. The third-order valence-electron chi connectivity index (χ3n) is 3.67. The Morgan fingerprint density at radius 3 is 2.70 bits per heavy atom. The van der Waals surface area contributed by atoms with Crippen LogP contribution in [0.2, 0.25) is 0 Å². The molecule has 1 amide bonds. The lowest BCUT2D eigenvalue weighted by Crippen LogP contribution is -2.26. The molecule has 0 unspecified atom stereocenters. The van der Waals surface area contributed by atoms with Crippen LogP contribution in [0, 0.1) is 0 Å². The summed E-state index contributed by atoms with van der Waals surface area (Å²) in [7, 11) is -2.38. The number of carbonyl (C=O) groups is 1. The Labute approximate surface area is 160 Å². The van der Waals surface area contributed by atoms with Gasteiger partial charge < -0.3 is 15.0 Å². The molecule has 146 valence electrons. The number of thiazole rings is 1. The highest BCUT2D eigenvalue weighted by molar-refractivity contribution is 7.91. The summed E-state index contributed by atoms with van der Waals surface area (Å²) in [5.41, 5.74) is 0. The van der Waals surface area contributed by atoms with Crippen molar-refractivity contribution in [2.24, 2.45) is 0 Å². The van der Waals surface area contributed by atoms with Crippen molar-refractivity contribution >= 4 is 38.3 Å². The molecule has 0 atom stereocenters. The number of hydrogen-bond acceptors (Lipinski definition) is 10. The lowest BCUT2D eigenvalue weighted by Gasteiger charge is -2.16. The highest BCUT2D eigenvalue weighted by Gasteiger charge is 2.21. The van der Waals surface area contributed by atoms with Gasteiger partial charge in [0, 0.05) is 20.0 Å². The van der Waals surface area contributed by atoms with Crippen molar-refractivity contribution in [1.82, 2.24) is 24.7 Å². The van der Waals surface area contributed by atoms with Crippen LogP contribution in [0.3, 0.4) is 0 Å². The average molecular weight is 413 g/mol. The van der Waals surface area contributed by atoms with Crippen LogP contribution in [0.25, 0.3) is 0 Å². The summed E-state index contributed by atoms with van der Waals surface area (Å²) in [5.74, 6) is 0.395. The number of sulfonamides is 1. The maximum atomic E-state index is 12.4. The molecule has 0 radical (unpaired) electrons. The molecule has 0 bridgehead atoms. The number of rotatable bonds is 7. The fourth-order valence-electron chi connectivity index (χ4n) is 2.44. The number of carbonyl (C=O) groups excluding carboxylic acids is 1. The topological polar surface area (TPSA) is 139 Å². The summed E-state index contributed by atoms with van der Waals surface area (Å²) in [6, 6.07) is 0.131. The van der Waals surface area contributed by atoms with E-state index in [9.17, 15) is 13.2 Å². The van der Waals surface area contributed by atoms with E-state index in [0.29, 0.717) is 5.95 Å². The minimum Gasteiger partial charge on any atom is -0.467 e. The van der Waals surface area contributed by atoms with Crippen molar-refractivity contribution in [3.05, 3.63) is 12.0 Å². The standard InChI is InChI=1S/C14H19N7O4S2/c1-9(22)17-14-15-8-11(26-14)27(23,24)16-7-10-18-12(20-13(19-10)25-2)21-5-3-4-6-21/h8,16H,3-7H2,1-2H3,(H,15,17,22). The number of methoxy groups -OCH3 is 1. The number of aromatic nitrogens is 4. The summed E-state index contributed by atoms with van der Waals surface area (Å²) in [5, 5.41) is 2.66. The molecule has 1 fully saturated rings. The molecular weight excluding hydrogens is 394 g/mol. The number of hydrogen-bond donors (Lipinski definition) is 2. The monoisotopic (exact) mass is 413 g/mol. The van der Waals surface area contributed by atoms with Gasteiger partial charge in [-0.15, -0.1) is 0 Å². The molecule has 0 saturated carbocycles. The van der Waals surface area contributed by atoms with Crippen LogP contribution >= 0.6 is 11.3 Å². The van der Waals surface area contributed by atoms with Crippen LogP contribution < -0.4 is 19.7 Å². The average Bonchev–Trinajstić information content (AvgIpc) is 3.31. The highest BCUT2D eigenvalue weighted by atomic mass is 32.2. The number of nitrogens with one attached hydrogen (secondary N) is 2. The first kappa shape index (κ1) is 19.4. The Morgan fingerprint density at radius 2 is 2.04 bits per heavy atom. The zero-order chi connectivity index (χ0) is 19.4. The Kier molecular flexibility index (Phi) is 5.82. The van der Waals surface area contributed by atoms with Crippen molar-refractivity contribution in [3.8, 4) is 6.01 Å². The predicted octanol–water partition coefficient (Wildman–Crippen LogP) is 0.374. The molecule has 1 aliphatic heterocycles.